The fraction of sp³-hybridized carbons (Fsp3) is 0.500. The molecule has 0 unspecified atom stereocenters. The van der Waals surface area contributed by atoms with Crippen LogP contribution in [0, 0.1) is 0 Å². The Bertz CT molecular complexity index is 318. The number of halogens is 2. The van der Waals surface area contributed by atoms with Crippen LogP contribution in [0.25, 0.3) is 0 Å². The van der Waals surface area contributed by atoms with E-state index in [0.29, 0.717) is 0 Å². The number of rotatable bonds is 7. The van der Waals surface area contributed by atoms with E-state index in [-0.39, 0.29) is 0 Å². The molecule has 0 atom stereocenters. The molecule has 0 aliphatic heterocycles. The van der Waals surface area contributed by atoms with Gasteiger partial charge in [-0.3, -0.25) is 0 Å². The molecule has 0 radical (unpaired) electrons. The van der Waals surface area contributed by atoms with Crippen LogP contribution < -0.4 is 10.6 Å². The molecule has 0 saturated carbocycles. The molecular weight excluding hydrogens is 288 g/mol. The third-order valence-corrected chi connectivity index (χ3v) is 3.13. The zero-order valence-corrected chi connectivity index (χ0v) is 11.9. The number of hydrogen-bond acceptors (Lipinski definition) is 2. The molecule has 0 spiro atoms. The van der Waals surface area contributed by atoms with Crippen molar-refractivity contribution in [1.82, 2.24) is 10.6 Å². The summed E-state index contributed by atoms with van der Waals surface area (Å²) >= 11 is 9.50. The molecule has 0 aliphatic rings. The van der Waals surface area contributed by atoms with Gasteiger partial charge in [-0.15, -0.1) is 0 Å². The van der Waals surface area contributed by atoms with E-state index in [0.717, 1.165) is 47.7 Å². The fourth-order valence-corrected chi connectivity index (χ4v) is 2.14. The van der Waals surface area contributed by atoms with E-state index in [2.05, 4.69) is 33.5 Å². The summed E-state index contributed by atoms with van der Waals surface area (Å²) in [6.45, 7) is 6.07. The third kappa shape index (κ3) is 5.30. The molecule has 0 fully saturated rings. The predicted octanol–water partition coefficient (Wildman–Crippen LogP) is 3.19. The normalized spacial score (nSPS) is 10.7. The van der Waals surface area contributed by atoms with Crippen molar-refractivity contribution in [3.05, 3.63) is 33.3 Å². The van der Waals surface area contributed by atoms with E-state index in [1.165, 1.54) is 0 Å². The van der Waals surface area contributed by atoms with Gasteiger partial charge >= 0.3 is 0 Å². The lowest BCUT2D eigenvalue weighted by Gasteiger charge is -2.07. The van der Waals surface area contributed by atoms with Gasteiger partial charge < -0.3 is 10.6 Å². The second-order valence-corrected chi connectivity index (χ2v) is 4.94. The van der Waals surface area contributed by atoms with Gasteiger partial charge in [0.25, 0.3) is 0 Å². The minimum Gasteiger partial charge on any atom is -0.317 e. The Morgan fingerprint density at radius 2 is 2.00 bits per heavy atom. The first-order valence-electron chi connectivity index (χ1n) is 5.59. The number of hydrogen-bond donors (Lipinski definition) is 2. The van der Waals surface area contributed by atoms with Crippen LogP contribution in [-0.4, -0.2) is 19.6 Å². The molecular formula is C12H18BrClN2. The standard InChI is InChI=1S/C12H18BrClN2/c1-2-15-6-3-7-16-9-10-4-5-11(13)8-12(10)14/h4-5,8,15-16H,2-3,6-7,9H2,1H3. The molecule has 0 bridgehead atoms. The highest BCUT2D eigenvalue weighted by Gasteiger charge is 1.99. The summed E-state index contributed by atoms with van der Waals surface area (Å²) in [5.74, 6) is 0. The largest absolute Gasteiger partial charge is 0.317 e. The molecule has 1 aromatic carbocycles. The van der Waals surface area contributed by atoms with Crippen LogP contribution in [0.2, 0.25) is 5.02 Å². The van der Waals surface area contributed by atoms with Crippen LogP contribution in [-0.2, 0) is 6.54 Å². The summed E-state index contributed by atoms with van der Waals surface area (Å²) in [7, 11) is 0. The SMILES string of the molecule is CCNCCCNCc1ccc(Br)cc1Cl. The summed E-state index contributed by atoms with van der Waals surface area (Å²) < 4.78 is 1.02. The maximum absolute atomic E-state index is 6.11. The van der Waals surface area contributed by atoms with E-state index in [1.807, 2.05) is 18.2 Å². The van der Waals surface area contributed by atoms with E-state index in [1.54, 1.807) is 0 Å². The lowest BCUT2D eigenvalue weighted by atomic mass is 10.2. The van der Waals surface area contributed by atoms with Crippen molar-refractivity contribution in [3.63, 3.8) is 0 Å². The Kier molecular flexibility index (Phi) is 7.05. The van der Waals surface area contributed by atoms with E-state index in [9.17, 15) is 0 Å². The van der Waals surface area contributed by atoms with Crippen molar-refractivity contribution in [2.45, 2.75) is 19.9 Å². The second kappa shape index (κ2) is 8.07. The molecule has 0 heterocycles. The van der Waals surface area contributed by atoms with Crippen molar-refractivity contribution in [3.8, 4) is 0 Å². The monoisotopic (exact) mass is 304 g/mol. The van der Waals surface area contributed by atoms with Gasteiger partial charge in [-0.2, -0.15) is 0 Å². The average molecular weight is 306 g/mol. The van der Waals surface area contributed by atoms with E-state index in [4.69, 9.17) is 11.6 Å². The summed E-state index contributed by atoms with van der Waals surface area (Å²) in [5, 5.41) is 7.49. The van der Waals surface area contributed by atoms with E-state index < -0.39 is 0 Å². The molecule has 0 aliphatic carbocycles. The van der Waals surface area contributed by atoms with Crippen LogP contribution >= 0.6 is 27.5 Å². The Labute approximate surface area is 111 Å². The molecule has 0 saturated heterocycles. The van der Waals surface area contributed by atoms with E-state index >= 15 is 0 Å². The molecule has 1 rings (SSSR count). The number of nitrogens with one attached hydrogen (secondary N) is 2. The minimum atomic E-state index is 0.813. The number of benzene rings is 1. The van der Waals surface area contributed by atoms with Crippen molar-refractivity contribution in [1.29, 1.82) is 0 Å². The van der Waals surface area contributed by atoms with Gasteiger partial charge in [0.15, 0.2) is 0 Å². The topological polar surface area (TPSA) is 24.1 Å². The van der Waals surface area contributed by atoms with Crippen LogP contribution in [0.4, 0.5) is 0 Å². The van der Waals surface area contributed by atoms with Crippen LogP contribution in [0.15, 0.2) is 22.7 Å². The first-order valence-corrected chi connectivity index (χ1v) is 6.76. The molecule has 2 N–H and O–H groups in total. The van der Waals surface area contributed by atoms with Crippen molar-refractivity contribution >= 4 is 27.5 Å². The molecule has 1 aromatic rings. The lowest BCUT2D eigenvalue weighted by Crippen LogP contribution is -2.21. The van der Waals surface area contributed by atoms with Crippen molar-refractivity contribution in [2.24, 2.45) is 0 Å². The molecule has 0 amide bonds. The molecule has 4 heteroatoms. The highest BCUT2D eigenvalue weighted by molar-refractivity contribution is 9.10. The molecule has 2 nitrogen and oxygen atoms in total. The summed E-state index contributed by atoms with van der Waals surface area (Å²) in [6.07, 6.45) is 1.14. The summed E-state index contributed by atoms with van der Waals surface area (Å²) in [5.41, 5.74) is 1.15. The van der Waals surface area contributed by atoms with Crippen molar-refractivity contribution in [2.75, 3.05) is 19.6 Å². The average Bonchev–Trinajstić information content (AvgIpc) is 2.26. The highest BCUT2D eigenvalue weighted by Crippen LogP contribution is 2.20. The van der Waals surface area contributed by atoms with Crippen LogP contribution in [0.1, 0.15) is 18.9 Å². The molecule has 90 valence electrons. The molecule has 16 heavy (non-hydrogen) atoms. The van der Waals surface area contributed by atoms with Crippen molar-refractivity contribution < 1.29 is 0 Å². The zero-order valence-electron chi connectivity index (χ0n) is 9.52. The van der Waals surface area contributed by atoms with Gasteiger partial charge in [0.05, 0.1) is 0 Å². The second-order valence-electron chi connectivity index (χ2n) is 3.62. The minimum absolute atomic E-state index is 0.813. The molecule has 0 aromatic heterocycles. The van der Waals surface area contributed by atoms with Gasteiger partial charge in [0, 0.05) is 16.0 Å². The Hall–Kier alpha value is -0.0900. The maximum atomic E-state index is 6.11. The fourth-order valence-electron chi connectivity index (χ4n) is 1.40. The van der Waals surface area contributed by atoms with Gasteiger partial charge in [-0.25, -0.2) is 0 Å². The van der Waals surface area contributed by atoms with Gasteiger partial charge in [-0.05, 0) is 43.8 Å². The summed E-state index contributed by atoms with van der Waals surface area (Å²) in [4.78, 5) is 0. The van der Waals surface area contributed by atoms with Gasteiger partial charge in [-0.1, -0.05) is 40.5 Å². The first kappa shape index (κ1) is 14.0. The highest BCUT2D eigenvalue weighted by atomic mass is 79.9. The Morgan fingerprint density at radius 1 is 1.25 bits per heavy atom. The van der Waals surface area contributed by atoms with Crippen LogP contribution in [0.3, 0.4) is 0 Å². The maximum Gasteiger partial charge on any atom is 0.0462 e. The zero-order chi connectivity index (χ0) is 11.8. The smallest absolute Gasteiger partial charge is 0.0462 e. The quantitative estimate of drug-likeness (QED) is 0.756. The lowest BCUT2D eigenvalue weighted by molar-refractivity contribution is 0.606. The van der Waals surface area contributed by atoms with Crippen LogP contribution in [0.5, 0.6) is 0 Å². The third-order valence-electron chi connectivity index (χ3n) is 2.29. The van der Waals surface area contributed by atoms with Gasteiger partial charge in [0.1, 0.15) is 0 Å². The summed E-state index contributed by atoms with van der Waals surface area (Å²) in [6, 6.07) is 5.99. The Morgan fingerprint density at radius 3 is 2.69 bits per heavy atom. The Balaban J connectivity index is 2.21. The first-order chi connectivity index (χ1) is 7.74. The predicted molar refractivity (Wildman–Crippen MR) is 74.0 cm³/mol. The van der Waals surface area contributed by atoms with Gasteiger partial charge in [0.2, 0.25) is 0 Å².